The van der Waals surface area contributed by atoms with Gasteiger partial charge < -0.3 is 5.32 Å². The molecule has 0 spiro atoms. The summed E-state index contributed by atoms with van der Waals surface area (Å²) in [4.78, 5) is 2.58. The summed E-state index contributed by atoms with van der Waals surface area (Å²) in [5.41, 5.74) is 0. The number of nitrogens with one attached hydrogen (secondary N) is 1. The zero-order chi connectivity index (χ0) is 10.2. The van der Waals surface area contributed by atoms with Gasteiger partial charge in [0.1, 0.15) is 0 Å². The van der Waals surface area contributed by atoms with Gasteiger partial charge in [-0.05, 0) is 45.3 Å². The third-order valence-corrected chi connectivity index (χ3v) is 3.05. The largest absolute Gasteiger partial charge is 0.315 e. The van der Waals surface area contributed by atoms with E-state index >= 15 is 0 Å². The summed E-state index contributed by atoms with van der Waals surface area (Å²) in [6, 6.07) is 0.795. The lowest BCUT2D eigenvalue weighted by molar-refractivity contribution is 0.260. The average Bonchev–Trinajstić information content (AvgIpc) is 2.65. The van der Waals surface area contributed by atoms with Gasteiger partial charge in [0.2, 0.25) is 0 Å². The highest BCUT2D eigenvalue weighted by Gasteiger charge is 2.21. The van der Waals surface area contributed by atoms with E-state index in [0.29, 0.717) is 0 Å². The predicted octanol–water partition coefficient (Wildman–Crippen LogP) is 2.03. The first kappa shape index (κ1) is 11.7. The quantitative estimate of drug-likeness (QED) is 0.495. The minimum atomic E-state index is 0.795. The normalized spacial score (nSPS) is 22.8. The van der Waals surface area contributed by atoms with E-state index in [9.17, 15) is 0 Å². The summed E-state index contributed by atoms with van der Waals surface area (Å²) >= 11 is 0. The van der Waals surface area contributed by atoms with Crippen molar-refractivity contribution in [2.24, 2.45) is 0 Å². The molecule has 0 aromatic rings. The van der Waals surface area contributed by atoms with Gasteiger partial charge in [-0.25, -0.2) is 0 Å². The van der Waals surface area contributed by atoms with Crippen LogP contribution in [0.1, 0.15) is 32.6 Å². The second-order valence-electron chi connectivity index (χ2n) is 4.06. The molecule has 0 aromatic heterocycles. The molecule has 1 atom stereocenters. The van der Waals surface area contributed by atoms with Crippen LogP contribution in [0.5, 0.6) is 0 Å². The fourth-order valence-corrected chi connectivity index (χ4v) is 2.18. The fraction of sp³-hybridized carbons (Fsp3) is 0.833. The summed E-state index contributed by atoms with van der Waals surface area (Å²) in [7, 11) is 0. The Hall–Kier alpha value is -0.340. The van der Waals surface area contributed by atoms with Gasteiger partial charge in [-0.15, -0.1) is 6.58 Å². The molecule has 2 heteroatoms. The topological polar surface area (TPSA) is 15.3 Å². The molecule has 1 aliphatic rings. The SMILES string of the molecule is C=CCCCNCC1CCCN1CC. The first-order valence-corrected chi connectivity index (χ1v) is 5.94. The van der Waals surface area contributed by atoms with Crippen LogP contribution in [0.25, 0.3) is 0 Å². The van der Waals surface area contributed by atoms with Gasteiger partial charge in [-0.1, -0.05) is 13.0 Å². The first-order chi connectivity index (χ1) is 6.88. The van der Waals surface area contributed by atoms with Gasteiger partial charge in [-0.3, -0.25) is 4.90 Å². The van der Waals surface area contributed by atoms with Gasteiger partial charge in [0.15, 0.2) is 0 Å². The minimum Gasteiger partial charge on any atom is -0.315 e. The highest BCUT2D eigenvalue weighted by molar-refractivity contribution is 4.80. The van der Waals surface area contributed by atoms with E-state index in [1.165, 1.54) is 38.9 Å². The molecule has 1 rings (SSSR count). The van der Waals surface area contributed by atoms with Gasteiger partial charge >= 0.3 is 0 Å². The molecule has 2 nitrogen and oxygen atoms in total. The van der Waals surface area contributed by atoms with Crippen molar-refractivity contribution in [2.75, 3.05) is 26.2 Å². The van der Waals surface area contributed by atoms with Crippen molar-refractivity contribution in [1.82, 2.24) is 10.2 Å². The van der Waals surface area contributed by atoms with E-state index < -0.39 is 0 Å². The molecule has 1 fully saturated rings. The van der Waals surface area contributed by atoms with Gasteiger partial charge in [0, 0.05) is 12.6 Å². The number of likely N-dealkylation sites (tertiary alicyclic amines) is 1. The summed E-state index contributed by atoms with van der Waals surface area (Å²) < 4.78 is 0. The number of rotatable bonds is 7. The summed E-state index contributed by atoms with van der Waals surface area (Å²) in [5, 5.41) is 3.54. The Bertz CT molecular complexity index is 156. The van der Waals surface area contributed by atoms with E-state index in [2.05, 4.69) is 23.7 Å². The van der Waals surface area contributed by atoms with Crippen LogP contribution >= 0.6 is 0 Å². The van der Waals surface area contributed by atoms with E-state index in [-0.39, 0.29) is 0 Å². The number of hydrogen-bond donors (Lipinski definition) is 1. The lowest BCUT2D eigenvalue weighted by Crippen LogP contribution is -2.38. The molecule has 1 unspecified atom stereocenters. The lowest BCUT2D eigenvalue weighted by Gasteiger charge is -2.22. The Morgan fingerprint density at radius 2 is 2.43 bits per heavy atom. The third-order valence-electron chi connectivity index (χ3n) is 3.05. The maximum atomic E-state index is 3.73. The van der Waals surface area contributed by atoms with Gasteiger partial charge in [-0.2, -0.15) is 0 Å². The van der Waals surface area contributed by atoms with Gasteiger partial charge in [0.05, 0.1) is 0 Å². The fourth-order valence-electron chi connectivity index (χ4n) is 2.18. The Morgan fingerprint density at radius 3 is 3.14 bits per heavy atom. The van der Waals surface area contributed by atoms with Crippen molar-refractivity contribution in [3.05, 3.63) is 12.7 Å². The molecule has 1 saturated heterocycles. The van der Waals surface area contributed by atoms with E-state index in [1.54, 1.807) is 0 Å². The van der Waals surface area contributed by atoms with Gasteiger partial charge in [0.25, 0.3) is 0 Å². The smallest absolute Gasteiger partial charge is 0.0220 e. The monoisotopic (exact) mass is 196 g/mol. The minimum absolute atomic E-state index is 0.795. The standard InChI is InChI=1S/C12H24N2/c1-3-5-6-9-13-11-12-8-7-10-14(12)4-2/h3,12-13H,1,4-11H2,2H3. The molecule has 1 aliphatic heterocycles. The average molecular weight is 196 g/mol. The van der Waals surface area contributed by atoms with Crippen molar-refractivity contribution in [2.45, 2.75) is 38.6 Å². The van der Waals surface area contributed by atoms with Crippen molar-refractivity contribution >= 4 is 0 Å². The zero-order valence-corrected chi connectivity index (χ0v) is 9.47. The second-order valence-corrected chi connectivity index (χ2v) is 4.06. The predicted molar refractivity (Wildman–Crippen MR) is 62.6 cm³/mol. The molecule has 0 bridgehead atoms. The highest BCUT2D eigenvalue weighted by atomic mass is 15.2. The Morgan fingerprint density at radius 1 is 1.57 bits per heavy atom. The van der Waals surface area contributed by atoms with Crippen LogP contribution in [0.15, 0.2) is 12.7 Å². The van der Waals surface area contributed by atoms with Crippen molar-refractivity contribution in [3.8, 4) is 0 Å². The second kappa shape index (κ2) is 7.02. The van der Waals surface area contributed by atoms with Crippen LogP contribution in [-0.2, 0) is 0 Å². The molecule has 14 heavy (non-hydrogen) atoms. The van der Waals surface area contributed by atoms with Crippen LogP contribution in [0.4, 0.5) is 0 Å². The maximum absolute atomic E-state index is 3.73. The molecule has 1 heterocycles. The summed E-state index contributed by atoms with van der Waals surface area (Å²) in [6.45, 7) is 10.8. The first-order valence-electron chi connectivity index (χ1n) is 5.94. The molecule has 0 amide bonds. The van der Waals surface area contributed by atoms with Crippen LogP contribution < -0.4 is 5.32 Å². The molecular formula is C12H24N2. The van der Waals surface area contributed by atoms with E-state index in [1.807, 2.05) is 6.08 Å². The zero-order valence-electron chi connectivity index (χ0n) is 9.47. The van der Waals surface area contributed by atoms with Crippen molar-refractivity contribution in [3.63, 3.8) is 0 Å². The van der Waals surface area contributed by atoms with Crippen LogP contribution in [0, 0.1) is 0 Å². The van der Waals surface area contributed by atoms with Crippen molar-refractivity contribution < 1.29 is 0 Å². The lowest BCUT2D eigenvalue weighted by atomic mass is 10.2. The molecular weight excluding hydrogens is 172 g/mol. The van der Waals surface area contributed by atoms with E-state index in [4.69, 9.17) is 0 Å². The number of unbranched alkanes of at least 4 members (excludes halogenated alkanes) is 1. The molecule has 1 N–H and O–H groups in total. The maximum Gasteiger partial charge on any atom is 0.0220 e. The Balaban J connectivity index is 2.02. The van der Waals surface area contributed by atoms with E-state index in [0.717, 1.165) is 19.0 Å². The van der Waals surface area contributed by atoms with Crippen LogP contribution in [0.3, 0.4) is 0 Å². The summed E-state index contributed by atoms with van der Waals surface area (Å²) in [5.74, 6) is 0. The van der Waals surface area contributed by atoms with Crippen molar-refractivity contribution in [1.29, 1.82) is 0 Å². The van der Waals surface area contributed by atoms with Crippen LogP contribution in [0.2, 0.25) is 0 Å². The molecule has 0 aliphatic carbocycles. The third kappa shape index (κ3) is 3.81. The molecule has 0 radical (unpaired) electrons. The Kier molecular flexibility index (Phi) is 5.88. The molecule has 0 saturated carbocycles. The molecule has 0 aromatic carbocycles. The Labute approximate surface area is 88.4 Å². The summed E-state index contributed by atoms with van der Waals surface area (Å²) in [6.07, 6.45) is 7.11. The number of hydrogen-bond acceptors (Lipinski definition) is 2. The number of allylic oxidation sites excluding steroid dienone is 1. The number of nitrogens with zero attached hydrogens (tertiary/aromatic N) is 1. The van der Waals surface area contributed by atoms with Crippen LogP contribution in [-0.4, -0.2) is 37.1 Å². The highest BCUT2D eigenvalue weighted by Crippen LogP contribution is 2.15. The number of likely N-dealkylation sites (N-methyl/N-ethyl adjacent to an activating group) is 1. The molecule has 82 valence electrons.